The predicted molar refractivity (Wildman–Crippen MR) is 87.4 cm³/mol. The van der Waals surface area contributed by atoms with E-state index in [0.717, 1.165) is 25.5 Å². The minimum atomic E-state index is 0. The molecule has 1 aliphatic rings. The van der Waals surface area contributed by atoms with Crippen molar-refractivity contribution >= 4 is 18.2 Å². The van der Waals surface area contributed by atoms with E-state index < -0.39 is 0 Å². The summed E-state index contributed by atoms with van der Waals surface area (Å²) in [5, 5.41) is 0. The molecule has 5 heteroatoms. The van der Waals surface area contributed by atoms with Crippen molar-refractivity contribution in [3.05, 3.63) is 23.9 Å². The van der Waals surface area contributed by atoms with Gasteiger partial charge in [-0.3, -0.25) is 4.90 Å². The van der Waals surface area contributed by atoms with Crippen LogP contribution < -0.4 is 10.6 Å². The van der Waals surface area contributed by atoms with Gasteiger partial charge in [-0.2, -0.15) is 0 Å². The maximum Gasteiger partial charge on any atom is 0.128 e. The third-order valence-electron chi connectivity index (χ3n) is 4.10. The molecule has 1 aromatic heterocycles. The fourth-order valence-electron chi connectivity index (χ4n) is 2.47. The van der Waals surface area contributed by atoms with E-state index in [1.54, 1.807) is 0 Å². The lowest BCUT2D eigenvalue weighted by Crippen LogP contribution is -2.28. The molecule has 0 saturated carbocycles. The molecule has 1 aliphatic heterocycles. The monoisotopic (exact) mass is 298 g/mol. The van der Waals surface area contributed by atoms with Gasteiger partial charge >= 0.3 is 0 Å². The van der Waals surface area contributed by atoms with Gasteiger partial charge in [0.05, 0.1) is 0 Å². The first kappa shape index (κ1) is 17.2. The molecule has 2 heterocycles. The Balaban J connectivity index is 0.00000200. The van der Waals surface area contributed by atoms with Crippen LogP contribution in [0.5, 0.6) is 0 Å². The number of nitrogens with two attached hydrogens (primary N) is 1. The van der Waals surface area contributed by atoms with Gasteiger partial charge in [0.2, 0.25) is 0 Å². The second-order valence-corrected chi connectivity index (χ2v) is 6.06. The number of halogens is 1. The zero-order valence-electron chi connectivity index (χ0n) is 12.9. The van der Waals surface area contributed by atoms with Crippen LogP contribution in [0.3, 0.4) is 0 Å². The average Bonchev–Trinajstić information content (AvgIpc) is 2.68. The van der Waals surface area contributed by atoms with Crippen molar-refractivity contribution in [1.29, 1.82) is 0 Å². The standard InChI is InChI=1S/C15H26N4.ClH/c1-11(2)18(4)15-6-5-13(7-17-15)9-19-8-12(3)14(16)10-19;/h5-7,11-12,14H,8-10,16H2,1-4H3;1H. The predicted octanol–water partition coefficient (Wildman–Crippen LogP) is 2.13. The molecular formula is C15H27ClN4. The Morgan fingerprint density at radius 3 is 2.55 bits per heavy atom. The summed E-state index contributed by atoms with van der Waals surface area (Å²) in [5.74, 6) is 1.63. The fourth-order valence-corrected chi connectivity index (χ4v) is 2.47. The van der Waals surface area contributed by atoms with Gasteiger partial charge in [-0.05, 0) is 31.4 Å². The Hall–Kier alpha value is -0.840. The normalized spacial score (nSPS) is 22.9. The Bertz CT molecular complexity index is 397. The number of pyridine rings is 1. The fraction of sp³-hybridized carbons (Fsp3) is 0.667. The first-order chi connectivity index (χ1) is 8.97. The molecule has 2 atom stereocenters. The van der Waals surface area contributed by atoms with Crippen molar-refractivity contribution < 1.29 is 0 Å². The minimum absolute atomic E-state index is 0. The topological polar surface area (TPSA) is 45.4 Å². The summed E-state index contributed by atoms with van der Waals surface area (Å²) in [6.07, 6.45) is 1.99. The van der Waals surface area contributed by atoms with E-state index in [-0.39, 0.29) is 12.4 Å². The molecule has 1 saturated heterocycles. The van der Waals surface area contributed by atoms with Crippen molar-refractivity contribution in [2.24, 2.45) is 11.7 Å². The van der Waals surface area contributed by atoms with Gasteiger partial charge < -0.3 is 10.6 Å². The molecule has 0 aromatic carbocycles. The van der Waals surface area contributed by atoms with Crippen molar-refractivity contribution in [3.8, 4) is 0 Å². The summed E-state index contributed by atoms with van der Waals surface area (Å²) in [6.45, 7) is 9.61. The summed E-state index contributed by atoms with van der Waals surface area (Å²) < 4.78 is 0. The molecule has 1 aromatic rings. The number of hydrogen-bond donors (Lipinski definition) is 1. The molecule has 2 rings (SSSR count). The van der Waals surface area contributed by atoms with Crippen LogP contribution in [0.15, 0.2) is 18.3 Å². The van der Waals surface area contributed by atoms with E-state index in [0.29, 0.717) is 18.0 Å². The molecule has 114 valence electrons. The van der Waals surface area contributed by atoms with E-state index in [4.69, 9.17) is 5.73 Å². The molecule has 2 unspecified atom stereocenters. The van der Waals surface area contributed by atoms with Crippen LogP contribution in [-0.2, 0) is 6.54 Å². The van der Waals surface area contributed by atoms with Crippen LogP contribution in [0.25, 0.3) is 0 Å². The van der Waals surface area contributed by atoms with E-state index in [1.165, 1.54) is 5.56 Å². The number of nitrogens with zero attached hydrogens (tertiary/aromatic N) is 3. The van der Waals surface area contributed by atoms with Gasteiger partial charge in [0.15, 0.2) is 0 Å². The molecule has 0 amide bonds. The van der Waals surface area contributed by atoms with Gasteiger partial charge in [0.25, 0.3) is 0 Å². The molecule has 0 radical (unpaired) electrons. The summed E-state index contributed by atoms with van der Waals surface area (Å²) in [6, 6.07) is 5.07. The molecule has 1 fully saturated rings. The SMILES string of the molecule is CC1CN(Cc2ccc(N(C)C(C)C)nc2)CC1N.Cl. The van der Waals surface area contributed by atoms with E-state index in [1.807, 2.05) is 6.20 Å². The lowest BCUT2D eigenvalue weighted by Gasteiger charge is -2.23. The third kappa shape index (κ3) is 4.08. The zero-order chi connectivity index (χ0) is 14.0. The van der Waals surface area contributed by atoms with Crippen LogP contribution in [0.2, 0.25) is 0 Å². The van der Waals surface area contributed by atoms with Gasteiger partial charge in [0, 0.05) is 45.0 Å². The highest BCUT2D eigenvalue weighted by Gasteiger charge is 2.26. The second kappa shape index (κ2) is 7.25. The van der Waals surface area contributed by atoms with Gasteiger partial charge in [0.1, 0.15) is 5.82 Å². The van der Waals surface area contributed by atoms with Crippen LogP contribution in [0.4, 0.5) is 5.82 Å². The van der Waals surface area contributed by atoms with Crippen molar-refractivity contribution in [3.63, 3.8) is 0 Å². The highest BCUT2D eigenvalue weighted by molar-refractivity contribution is 5.85. The number of hydrogen-bond acceptors (Lipinski definition) is 4. The highest BCUT2D eigenvalue weighted by atomic mass is 35.5. The molecule has 4 nitrogen and oxygen atoms in total. The van der Waals surface area contributed by atoms with Gasteiger partial charge in [-0.15, -0.1) is 12.4 Å². The lowest BCUT2D eigenvalue weighted by molar-refractivity contribution is 0.318. The molecule has 2 N–H and O–H groups in total. The summed E-state index contributed by atoms with van der Waals surface area (Å²) in [5.41, 5.74) is 7.32. The smallest absolute Gasteiger partial charge is 0.128 e. The summed E-state index contributed by atoms with van der Waals surface area (Å²) in [4.78, 5) is 9.14. The number of rotatable bonds is 4. The van der Waals surface area contributed by atoms with Crippen molar-refractivity contribution in [1.82, 2.24) is 9.88 Å². The zero-order valence-corrected chi connectivity index (χ0v) is 13.7. The largest absolute Gasteiger partial charge is 0.357 e. The second-order valence-electron chi connectivity index (χ2n) is 6.06. The van der Waals surface area contributed by atoms with Crippen molar-refractivity contribution in [2.75, 3.05) is 25.0 Å². The van der Waals surface area contributed by atoms with Crippen LogP contribution in [0, 0.1) is 5.92 Å². The van der Waals surface area contributed by atoms with Gasteiger partial charge in [-0.1, -0.05) is 13.0 Å². The van der Waals surface area contributed by atoms with Crippen LogP contribution >= 0.6 is 12.4 Å². The number of anilines is 1. The van der Waals surface area contributed by atoms with E-state index >= 15 is 0 Å². The van der Waals surface area contributed by atoms with E-state index in [2.05, 4.69) is 54.7 Å². The highest BCUT2D eigenvalue weighted by Crippen LogP contribution is 2.18. The number of aromatic nitrogens is 1. The third-order valence-corrected chi connectivity index (χ3v) is 4.10. The first-order valence-electron chi connectivity index (χ1n) is 7.13. The van der Waals surface area contributed by atoms with E-state index in [9.17, 15) is 0 Å². The van der Waals surface area contributed by atoms with Gasteiger partial charge in [-0.25, -0.2) is 4.98 Å². The number of likely N-dealkylation sites (tertiary alicyclic amines) is 1. The molecule has 0 bridgehead atoms. The Labute approximate surface area is 128 Å². The average molecular weight is 299 g/mol. The quantitative estimate of drug-likeness (QED) is 0.925. The Morgan fingerprint density at radius 2 is 2.10 bits per heavy atom. The molecule has 0 spiro atoms. The van der Waals surface area contributed by atoms with Crippen LogP contribution in [0.1, 0.15) is 26.3 Å². The maximum absolute atomic E-state index is 6.06. The summed E-state index contributed by atoms with van der Waals surface area (Å²) >= 11 is 0. The molecule has 0 aliphatic carbocycles. The van der Waals surface area contributed by atoms with Crippen molar-refractivity contribution in [2.45, 2.75) is 39.4 Å². The Morgan fingerprint density at radius 1 is 1.40 bits per heavy atom. The lowest BCUT2D eigenvalue weighted by atomic mass is 10.1. The maximum atomic E-state index is 6.06. The van der Waals surface area contributed by atoms with Crippen LogP contribution in [-0.4, -0.2) is 42.1 Å². The Kier molecular flexibility index (Phi) is 6.24. The first-order valence-corrected chi connectivity index (χ1v) is 7.13. The molecular weight excluding hydrogens is 272 g/mol. The molecule has 20 heavy (non-hydrogen) atoms. The summed E-state index contributed by atoms with van der Waals surface area (Å²) in [7, 11) is 2.08. The minimum Gasteiger partial charge on any atom is -0.357 e.